The molecule has 0 radical (unpaired) electrons. The van der Waals surface area contributed by atoms with Gasteiger partial charge in [0.15, 0.2) is 0 Å². The molecule has 1 heterocycles. The van der Waals surface area contributed by atoms with E-state index in [4.69, 9.17) is 9.31 Å². The van der Waals surface area contributed by atoms with Gasteiger partial charge in [0.25, 0.3) is 0 Å². The van der Waals surface area contributed by atoms with Crippen LogP contribution in [0.2, 0.25) is 6.32 Å². The molecule has 2 saturated carbocycles. The van der Waals surface area contributed by atoms with Gasteiger partial charge in [0.2, 0.25) is 0 Å². The predicted octanol–water partition coefficient (Wildman–Crippen LogP) is 4.44. The molecule has 3 heteroatoms. The van der Waals surface area contributed by atoms with Crippen LogP contribution in [-0.2, 0) is 9.31 Å². The minimum atomic E-state index is -0.165. The zero-order valence-electron chi connectivity index (χ0n) is 13.1. The van der Waals surface area contributed by atoms with E-state index in [0.717, 1.165) is 17.7 Å². The van der Waals surface area contributed by atoms with Gasteiger partial charge in [0.1, 0.15) is 0 Å². The van der Waals surface area contributed by atoms with Crippen molar-refractivity contribution in [3.05, 3.63) is 0 Å². The van der Waals surface area contributed by atoms with Crippen molar-refractivity contribution >= 4 is 7.12 Å². The largest absolute Gasteiger partial charge is 0.457 e. The molecule has 0 bridgehead atoms. The molecule has 0 aromatic heterocycles. The van der Waals surface area contributed by atoms with Gasteiger partial charge in [-0.15, -0.1) is 0 Å². The summed E-state index contributed by atoms with van der Waals surface area (Å²) >= 11 is 0. The Bertz CT molecular complexity index is 331. The highest BCUT2D eigenvalue weighted by Crippen LogP contribution is 2.61. The molecule has 0 aromatic rings. The maximum atomic E-state index is 6.12. The van der Waals surface area contributed by atoms with Gasteiger partial charge in [0.05, 0.1) is 11.2 Å². The zero-order chi connectivity index (χ0) is 13.7. The van der Waals surface area contributed by atoms with Gasteiger partial charge in [-0.25, -0.2) is 0 Å². The molecule has 19 heavy (non-hydrogen) atoms. The summed E-state index contributed by atoms with van der Waals surface area (Å²) in [7, 11) is 0.0164. The van der Waals surface area contributed by atoms with E-state index in [0.29, 0.717) is 0 Å². The van der Waals surface area contributed by atoms with Crippen LogP contribution in [0.3, 0.4) is 0 Å². The van der Waals surface area contributed by atoms with Crippen LogP contribution in [0.15, 0.2) is 0 Å². The Hall–Kier alpha value is -0.0151. The highest BCUT2D eigenvalue weighted by atomic mass is 16.7. The van der Waals surface area contributed by atoms with Crippen molar-refractivity contribution < 1.29 is 9.31 Å². The summed E-state index contributed by atoms with van der Waals surface area (Å²) in [6.07, 6.45) is 11.2. The van der Waals surface area contributed by atoms with Gasteiger partial charge in [-0.1, -0.05) is 19.3 Å². The zero-order valence-corrected chi connectivity index (χ0v) is 13.1. The molecule has 1 unspecified atom stereocenters. The van der Waals surface area contributed by atoms with Crippen LogP contribution in [0.25, 0.3) is 0 Å². The topological polar surface area (TPSA) is 18.5 Å². The van der Waals surface area contributed by atoms with Crippen molar-refractivity contribution in [2.45, 2.75) is 90.2 Å². The third-order valence-electron chi connectivity index (χ3n) is 6.29. The summed E-state index contributed by atoms with van der Waals surface area (Å²) in [5.41, 5.74) is 0.422. The van der Waals surface area contributed by atoms with Crippen molar-refractivity contribution in [1.29, 1.82) is 0 Å². The normalized spacial score (nSPS) is 34.7. The standard InChI is InChI=1S/C16H29BO2/c1-14(2)15(3,4)19-17(18-14)12-8-13-7-5-6-9-16(13)10-11-16/h13H,5-12H2,1-4H3. The second-order valence-corrected chi connectivity index (χ2v) is 8.07. The lowest BCUT2D eigenvalue weighted by Gasteiger charge is -2.32. The van der Waals surface area contributed by atoms with Crippen LogP contribution in [0.5, 0.6) is 0 Å². The lowest BCUT2D eigenvalue weighted by Crippen LogP contribution is -2.41. The van der Waals surface area contributed by atoms with E-state index in [-0.39, 0.29) is 18.3 Å². The minimum Gasteiger partial charge on any atom is -0.403 e. The molecular formula is C16H29BO2. The highest BCUT2D eigenvalue weighted by Gasteiger charge is 2.53. The van der Waals surface area contributed by atoms with Crippen LogP contribution in [0.4, 0.5) is 0 Å². The first-order chi connectivity index (χ1) is 8.85. The summed E-state index contributed by atoms with van der Waals surface area (Å²) in [5, 5.41) is 0. The van der Waals surface area contributed by atoms with E-state index in [1.165, 1.54) is 44.9 Å². The molecule has 3 aliphatic rings. The van der Waals surface area contributed by atoms with E-state index in [9.17, 15) is 0 Å². The average molecular weight is 264 g/mol. The van der Waals surface area contributed by atoms with Crippen molar-refractivity contribution in [2.24, 2.45) is 11.3 Å². The third kappa shape index (κ3) is 2.49. The molecule has 0 aromatic carbocycles. The lowest BCUT2D eigenvalue weighted by atomic mass is 9.70. The van der Waals surface area contributed by atoms with E-state index < -0.39 is 0 Å². The van der Waals surface area contributed by atoms with E-state index >= 15 is 0 Å². The quantitative estimate of drug-likeness (QED) is 0.701. The van der Waals surface area contributed by atoms with Crippen molar-refractivity contribution in [3.8, 4) is 0 Å². The van der Waals surface area contributed by atoms with Crippen LogP contribution >= 0.6 is 0 Å². The summed E-state index contributed by atoms with van der Waals surface area (Å²) in [5.74, 6) is 0.945. The van der Waals surface area contributed by atoms with Gasteiger partial charge in [-0.05, 0) is 71.0 Å². The molecule has 1 spiro atoms. The van der Waals surface area contributed by atoms with Crippen molar-refractivity contribution in [1.82, 2.24) is 0 Å². The number of hydrogen-bond acceptors (Lipinski definition) is 2. The van der Waals surface area contributed by atoms with Gasteiger partial charge >= 0.3 is 7.12 Å². The Balaban J connectivity index is 1.53. The Labute approximate surface area is 118 Å². The van der Waals surface area contributed by atoms with Crippen molar-refractivity contribution in [3.63, 3.8) is 0 Å². The fourth-order valence-corrected chi connectivity index (χ4v) is 4.07. The first-order valence-electron chi connectivity index (χ1n) is 8.20. The van der Waals surface area contributed by atoms with Gasteiger partial charge in [-0.2, -0.15) is 0 Å². The second-order valence-electron chi connectivity index (χ2n) is 8.07. The summed E-state index contributed by atoms with van der Waals surface area (Å²) in [4.78, 5) is 0. The molecule has 0 N–H and O–H groups in total. The Kier molecular flexibility index (Phi) is 3.30. The molecule has 1 saturated heterocycles. The maximum Gasteiger partial charge on any atom is 0.457 e. The molecule has 1 aliphatic heterocycles. The van der Waals surface area contributed by atoms with Crippen LogP contribution in [0, 0.1) is 11.3 Å². The Morgan fingerprint density at radius 2 is 1.58 bits per heavy atom. The van der Waals surface area contributed by atoms with Crippen molar-refractivity contribution in [2.75, 3.05) is 0 Å². The molecule has 2 aliphatic carbocycles. The van der Waals surface area contributed by atoms with Gasteiger partial charge < -0.3 is 9.31 Å². The Morgan fingerprint density at radius 3 is 2.16 bits per heavy atom. The third-order valence-corrected chi connectivity index (χ3v) is 6.29. The number of hydrogen-bond donors (Lipinski definition) is 0. The van der Waals surface area contributed by atoms with Crippen LogP contribution < -0.4 is 0 Å². The Morgan fingerprint density at radius 1 is 0.947 bits per heavy atom. The summed E-state index contributed by atoms with van der Waals surface area (Å²) in [6.45, 7) is 8.60. The fourth-order valence-electron chi connectivity index (χ4n) is 4.07. The summed E-state index contributed by atoms with van der Waals surface area (Å²) < 4.78 is 12.2. The molecule has 0 amide bonds. The average Bonchev–Trinajstić information content (AvgIpc) is 3.02. The van der Waals surface area contributed by atoms with E-state index in [1.807, 2.05) is 0 Å². The monoisotopic (exact) mass is 264 g/mol. The molecule has 3 fully saturated rings. The second kappa shape index (κ2) is 4.49. The molecule has 3 rings (SSSR count). The van der Waals surface area contributed by atoms with Gasteiger partial charge in [0, 0.05) is 0 Å². The lowest BCUT2D eigenvalue weighted by molar-refractivity contribution is 0.00578. The van der Waals surface area contributed by atoms with Crippen LogP contribution in [-0.4, -0.2) is 18.3 Å². The number of rotatable bonds is 3. The molecule has 108 valence electrons. The smallest absolute Gasteiger partial charge is 0.403 e. The molecule has 1 atom stereocenters. The predicted molar refractivity (Wildman–Crippen MR) is 79.1 cm³/mol. The minimum absolute atomic E-state index is 0.0164. The first-order valence-corrected chi connectivity index (χ1v) is 8.20. The first kappa shape index (κ1) is 13.9. The molecule has 2 nitrogen and oxygen atoms in total. The molecular weight excluding hydrogens is 235 g/mol. The summed E-state index contributed by atoms with van der Waals surface area (Å²) in [6, 6.07) is 0. The maximum absolute atomic E-state index is 6.12. The van der Waals surface area contributed by atoms with Crippen LogP contribution in [0.1, 0.15) is 72.6 Å². The van der Waals surface area contributed by atoms with E-state index in [1.54, 1.807) is 0 Å². The van der Waals surface area contributed by atoms with E-state index in [2.05, 4.69) is 27.7 Å². The highest BCUT2D eigenvalue weighted by molar-refractivity contribution is 6.45. The van der Waals surface area contributed by atoms with Gasteiger partial charge in [-0.3, -0.25) is 0 Å². The SMILES string of the molecule is CC1(C)OB(CCC2CCCCC23CC3)OC1(C)C. The fraction of sp³-hybridized carbons (Fsp3) is 1.00.